The first-order chi connectivity index (χ1) is 10.3. The molecule has 3 rings (SSSR count). The maximum Gasteiger partial charge on any atom is 0.229 e. The van der Waals surface area contributed by atoms with Crippen molar-refractivity contribution >= 4 is 22.4 Å². The van der Waals surface area contributed by atoms with Gasteiger partial charge >= 0.3 is 0 Å². The van der Waals surface area contributed by atoms with Gasteiger partial charge in [0.15, 0.2) is 5.13 Å². The van der Waals surface area contributed by atoms with Crippen molar-refractivity contribution in [1.29, 1.82) is 0 Å². The number of rotatable bonds is 4. The smallest absolute Gasteiger partial charge is 0.229 e. The van der Waals surface area contributed by atoms with E-state index in [-0.39, 0.29) is 11.8 Å². The van der Waals surface area contributed by atoms with Crippen LogP contribution in [0.15, 0.2) is 5.38 Å². The van der Waals surface area contributed by atoms with E-state index < -0.39 is 0 Å². The number of thiazole rings is 1. The number of nitrogens with zero attached hydrogens (tertiary/aromatic N) is 2. The van der Waals surface area contributed by atoms with Crippen LogP contribution in [0, 0.1) is 5.92 Å². The van der Waals surface area contributed by atoms with E-state index in [1.807, 2.05) is 5.38 Å². The number of hydrogen-bond acceptors (Lipinski definition) is 5. The molecule has 0 unspecified atom stereocenters. The lowest BCUT2D eigenvalue weighted by molar-refractivity contribution is -0.120. The molecule has 0 radical (unpaired) electrons. The number of nitrogens with one attached hydrogen (secondary N) is 1. The fraction of sp³-hybridized carbons (Fsp3) is 0.733. The van der Waals surface area contributed by atoms with Gasteiger partial charge in [0.1, 0.15) is 0 Å². The third-order valence-electron chi connectivity index (χ3n) is 4.25. The predicted molar refractivity (Wildman–Crippen MR) is 83.4 cm³/mol. The first-order valence-electron chi connectivity index (χ1n) is 7.86. The van der Waals surface area contributed by atoms with Crippen LogP contribution in [0.25, 0.3) is 0 Å². The predicted octanol–water partition coefficient (Wildman–Crippen LogP) is 2.49. The molecule has 21 heavy (non-hydrogen) atoms. The minimum absolute atomic E-state index is 0.155. The standard InChI is InChI=1S/C15H23N3O2S/c19-14(12-4-2-1-3-5-12)17-15-16-13(11-21-15)10-18-6-8-20-9-7-18/h11-12H,1-10H2,(H,16,17,19). The van der Waals surface area contributed by atoms with E-state index in [1.54, 1.807) is 0 Å². The molecule has 1 aliphatic carbocycles. The molecule has 1 saturated carbocycles. The second kappa shape index (κ2) is 7.33. The second-order valence-electron chi connectivity index (χ2n) is 5.86. The van der Waals surface area contributed by atoms with E-state index in [9.17, 15) is 4.79 Å². The van der Waals surface area contributed by atoms with Gasteiger partial charge < -0.3 is 10.1 Å². The molecule has 2 fully saturated rings. The first kappa shape index (κ1) is 14.9. The molecule has 1 N–H and O–H groups in total. The van der Waals surface area contributed by atoms with Crippen LogP contribution in [0.1, 0.15) is 37.8 Å². The van der Waals surface area contributed by atoms with E-state index in [0.29, 0.717) is 0 Å². The van der Waals surface area contributed by atoms with Crippen LogP contribution >= 0.6 is 11.3 Å². The summed E-state index contributed by atoms with van der Waals surface area (Å²) >= 11 is 1.53. The van der Waals surface area contributed by atoms with Crippen LogP contribution < -0.4 is 5.32 Å². The SMILES string of the molecule is O=C(Nc1nc(CN2CCOCC2)cs1)C1CCCCC1. The summed E-state index contributed by atoms with van der Waals surface area (Å²) < 4.78 is 5.35. The van der Waals surface area contributed by atoms with Crippen molar-refractivity contribution in [2.24, 2.45) is 5.92 Å². The molecular formula is C15H23N3O2S. The summed E-state index contributed by atoms with van der Waals surface area (Å²) in [5.74, 6) is 0.340. The number of carbonyl (C=O) groups excluding carboxylic acids is 1. The highest BCUT2D eigenvalue weighted by molar-refractivity contribution is 7.13. The molecule has 0 atom stereocenters. The van der Waals surface area contributed by atoms with Gasteiger partial charge in [0.05, 0.1) is 18.9 Å². The van der Waals surface area contributed by atoms with E-state index in [4.69, 9.17) is 4.74 Å². The van der Waals surface area contributed by atoms with Gasteiger partial charge in [0.2, 0.25) is 5.91 Å². The Morgan fingerprint density at radius 2 is 2.10 bits per heavy atom. The Morgan fingerprint density at radius 1 is 1.33 bits per heavy atom. The van der Waals surface area contributed by atoms with Gasteiger partial charge in [0, 0.05) is 30.9 Å². The number of aromatic nitrogens is 1. The molecule has 1 aliphatic heterocycles. The van der Waals surface area contributed by atoms with Crippen molar-refractivity contribution in [3.8, 4) is 0 Å². The monoisotopic (exact) mass is 309 g/mol. The number of hydrogen-bond donors (Lipinski definition) is 1. The average molecular weight is 309 g/mol. The lowest BCUT2D eigenvalue weighted by atomic mass is 9.89. The Kier molecular flexibility index (Phi) is 5.22. The van der Waals surface area contributed by atoms with Crippen LogP contribution in [-0.2, 0) is 16.1 Å². The van der Waals surface area contributed by atoms with Crippen LogP contribution in [0.3, 0.4) is 0 Å². The molecule has 2 aliphatic rings. The van der Waals surface area contributed by atoms with E-state index >= 15 is 0 Å². The fourth-order valence-corrected chi connectivity index (χ4v) is 3.70. The molecule has 1 saturated heterocycles. The maximum absolute atomic E-state index is 12.2. The summed E-state index contributed by atoms with van der Waals surface area (Å²) in [5.41, 5.74) is 1.04. The zero-order valence-electron chi connectivity index (χ0n) is 12.3. The van der Waals surface area contributed by atoms with Gasteiger partial charge in [-0.25, -0.2) is 4.98 Å². The summed E-state index contributed by atoms with van der Waals surface area (Å²) in [6, 6.07) is 0. The molecule has 116 valence electrons. The topological polar surface area (TPSA) is 54.5 Å². The van der Waals surface area contributed by atoms with Crippen LogP contribution in [-0.4, -0.2) is 42.1 Å². The quantitative estimate of drug-likeness (QED) is 0.928. The summed E-state index contributed by atoms with van der Waals surface area (Å²) in [5, 5.41) is 5.79. The number of anilines is 1. The number of morpholine rings is 1. The molecule has 6 heteroatoms. The van der Waals surface area contributed by atoms with Crippen molar-refractivity contribution < 1.29 is 9.53 Å². The highest BCUT2D eigenvalue weighted by Crippen LogP contribution is 2.26. The van der Waals surface area contributed by atoms with Crippen molar-refractivity contribution in [2.45, 2.75) is 38.6 Å². The zero-order valence-corrected chi connectivity index (χ0v) is 13.2. The summed E-state index contributed by atoms with van der Waals surface area (Å²) in [6.07, 6.45) is 5.68. The van der Waals surface area contributed by atoms with E-state index in [1.165, 1.54) is 30.6 Å². The number of carbonyl (C=O) groups is 1. The molecular weight excluding hydrogens is 286 g/mol. The normalized spacial score (nSPS) is 21.3. The lowest BCUT2D eigenvalue weighted by Crippen LogP contribution is -2.35. The number of amides is 1. The Labute approximate surface area is 129 Å². The van der Waals surface area contributed by atoms with Gasteiger partial charge in [0.25, 0.3) is 0 Å². The molecule has 0 spiro atoms. The second-order valence-corrected chi connectivity index (χ2v) is 6.71. The third-order valence-corrected chi connectivity index (χ3v) is 5.05. The van der Waals surface area contributed by atoms with E-state index in [0.717, 1.165) is 56.5 Å². The molecule has 1 aromatic rings. The highest BCUT2D eigenvalue weighted by Gasteiger charge is 2.22. The fourth-order valence-electron chi connectivity index (χ4n) is 3.00. The average Bonchev–Trinajstić information content (AvgIpc) is 2.96. The zero-order chi connectivity index (χ0) is 14.5. The van der Waals surface area contributed by atoms with Crippen LogP contribution in [0.2, 0.25) is 0 Å². The van der Waals surface area contributed by atoms with Crippen molar-refractivity contribution in [1.82, 2.24) is 9.88 Å². The minimum Gasteiger partial charge on any atom is -0.379 e. The first-order valence-corrected chi connectivity index (χ1v) is 8.74. The Morgan fingerprint density at radius 3 is 2.86 bits per heavy atom. The largest absolute Gasteiger partial charge is 0.379 e. The molecule has 0 aromatic carbocycles. The Hall–Kier alpha value is -0.980. The Balaban J connectivity index is 1.50. The highest BCUT2D eigenvalue weighted by atomic mass is 32.1. The van der Waals surface area contributed by atoms with Crippen molar-refractivity contribution in [3.05, 3.63) is 11.1 Å². The molecule has 2 heterocycles. The van der Waals surface area contributed by atoms with Gasteiger partial charge in [-0.15, -0.1) is 11.3 Å². The summed E-state index contributed by atoms with van der Waals surface area (Å²) in [6.45, 7) is 4.37. The third kappa shape index (κ3) is 4.25. The van der Waals surface area contributed by atoms with Gasteiger partial charge in [-0.3, -0.25) is 9.69 Å². The Bertz CT molecular complexity index is 465. The van der Waals surface area contributed by atoms with Crippen molar-refractivity contribution in [3.63, 3.8) is 0 Å². The number of ether oxygens (including phenoxy) is 1. The van der Waals surface area contributed by atoms with Gasteiger partial charge in [-0.1, -0.05) is 19.3 Å². The summed E-state index contributed by atoms with van der Waals surface area (Å²) in [7, 11) is 0. The van der Waals surface area contributed by atoms with Gasteiger partial charge in [-0.05, 0) is 12.8 Å². The van der Waals surface area contributed by atoms with Crippen LogP contribution in [0.4, 0.5) is 5.13 Å². The minimum atomic E-state index is 0.155. The molecule has 5 nitrogen and oxygen atoms in total. The lowest BCUT2D eigenvalue weighted by Gasteiger charge is -2.25. The summed E-state index contributed by atoms with van der Waals surface area (Å²) in [4.78, 5) is 19.1. The molecule has 0 bridgehead atoms. The van der Waals surface area contributed by atoms with E-state index in [2.05, 4.69) is 15.2 Å². The van der Waals surface area contributed by atoms with Crippen LogP contribution in [0.5, 0.6) is 0 Å². The van der Waals surface area contributed by atoms with Gasteiger partial charge in [-0.2, -0.15) is 0 Å². The maximum atomic E-state index is 12.2. The van der Waals surface area contributed by atoms with Crippen molar-refractivity contribution in [2.75, 3.05) is 31.6 Å². The molecule has 1 amide bonds. The molecule has 1 aromatic heterocycles.